The van der Waals surface area contributed by atoms with Crippen molar-refractivity contribution in [3.8, 4) is 0 Å². The quantitative estimate of drug-likeness (QED) is 0.756. The molecule has 1 heterocycles. The summed E-state index contributed by atoms with van der Waals surface area (Å²) in [6.45, 7) is 0. The Morgan fingerprint density at radius 2 is 1.89 bits per heavy atom. The van der Waals surface area contributed by atoms with E-state index in [1.165, 1.54) is 7.11 Å². The fourth-order valence-electron chi connectivity index (χ4n) is 1.61. The molecule has 0 aliphatic rings. The molecule has 92 valence electrons. The van der Waals surface area contributed by atoms with Crippen LogP contribution in [0.5, 0.6) is 0 Å². The molecule has 1 aromatic heterocycles. The monoisotopic (exact) mass is 242 g/mol. The minimum Gasteiger partial charge on any atom is -0.465 e. The topological polar surface area (TPSA) is 43.6 Å². The van der Waals surface area contributed by atoms with Crippen LogP contribution in [0.2, 0.25) is 0 Å². The molecule has 0 amide bonds. The highest BCUT2D eigenvalue weighted by Crippen LogP contribution is 2.18. The number of rotatable bonds is 2. The van der Waals surface area contributed by atoms with Gasteiger partial charge >= 0.3 is 5.97 Å². The molecule has 0 bridgehead atoms. The first kappa shape index (κ1) is 12.1. The van der Waals surface area contributed by atoms with Gasteiger partial charge in [-0.25, -0.2) is 9.79 Å². The van der Waals surface area contributed by atoms with Crippen LogP contribution in [0, 0.1) is 0 Å². The summed E-state index contributed by atoms with van der Waals surface area (Å²) in [6.07, 6.45) is 1.90. The van der Waals surface area contributed by atoms with Gasteiger partial charge in [-0.3, -0.25) is 0 Å². The minimum absolute atomic E-state index is 0.382. The summed E-state index contributed by atoms with van der Waals surface area (Å²) in [4.78, 5) is 16.1. The first-order valence-corrected chi connectivity index (χ1v) is 5.56. The molecule has 2 aromatic rings. The van der Waals surface area contributed by atoms with E-state index in [4.69, 9.17) is 4.74 Å². The summed E-state index contributed by atoms with van der Waals surface area (Å²) in [5.41, 5.74) is 1.84. The molecule has 0 saturated carbocycles. The molecule has 0 spiro atoms. The van der Waals surface area contributed by atoms with Gasteiger partial charge in [-0.15, -0.1) is 0 Å². The first-order valence-electron chi connectivity index (χ1n) is 5.56. The van der Waals surface area contributed by atoms with Gasteiger partial charge in [-0.05, 0) is 24.3 Å². The second kappa shape index (κ2) is 5.31. The molecule has 0 atom stereocenters. The van der Waals surface area contributed by atoms with E-state index in [2.05, 4.69) is 4.99 Å². The summed E-state index contributed by atoms with van der Waals surface area (Å²) in [6, 6.07) is 12.8. The maximum absolute atomic E-state index is 11.6. The Morgan fingerprint density at radius 1 is 1.17 bits per heavy atom. The van der Waals surface area contributed by atoms with Crippen LogP contribution in [-0.4, -0.2) is 17.6 Å². The normalized spacial score (nSPS) is 11.3. The van der Waals surface area contributed by atoms with Gasteiger partial charge in [-0.1, -0.05) is 18.2 Å². The van der Waals surface area contributed by atoms with Crippen LogP contribution in [0.3, 0.4) is 0 Å². The van der Waals surface area contributed by atoms with Gasteiger partial charge in [0.25, 0.3) is 0 Å². The van der Waals surface area contributed by atoms with Crippen molar-refractivity contribution in [1.29, 1.82) is 0 Å². The number of pyridine rings is 1. The molecule has 1 aromatic carbocycles. The van der Waals surface area contributed by atoms with Crippen molar-refractivity contribution < 1.29 is 9.53 Å². The first-order chi connectivity index (χ1) is 8.72. The zero-order valence-electron chi connectivity index (χ0n) is 10.3. The summed E-state index contributed by atoms with van der Waals surface area (Å²) < 4.78 is 6.62. The fourth-order valence-corrected chi connectivity index (χ4v) is 1.61. The van der Waals surface area contributed by atoms with Crippen molar-refractivity contribution >= 4 is 11.7 Å². The Hall–Kier alpha value is -2.36. The van der Waals surface area contributed by atoms with E-state index >= 15 is 0 Å². The maximum atomic E-state index is 11.6. The van der Waals surface area contributed by atoms with E-state index in [1.54, 1.807) is 18.2 Å². The standard InChI is InChI=1S/C14H14N2O2/c1-16-10-6-5-9-13(16)15-12-8-4-3-7-11(12)14(17)18-2/h3-10H,1-2H3. The molecule has 0 aliphatic heterocycles. The lowest BCUT2D eigenvalue weighted by Gasteiger charge is -2.04. The predicted octanol–water partition coefficient (Wildman–Crippen LogP) is 2.04. The molecule has 18 heavy (non-hydrogen) atoms. The number of esters is 1. The van der Waals surface area contributed by atoms with Gasteiger partial charge in [0.05, 0.1) is 18.4 Å². The van der Waals surface area contributed by atoms with Gasteiger partial charge in [0.1, 0.15) is 5.49 Å². The Labute approximate surface area is 105 Å². The number of aromatic nitrogens is 1. The average molecular weight is 242 g/mol. The van der Waals surface area contributed by atoms with E-state index in [9.17, 15) is 4.79 Å². The SMILES string of the molecule is COC(=O)c1ccccc1N=c1ccccn1C. The highest BCUT2D eigenvalue weighted by Gasteiger charge is 2.09. The lowest BCUT2D eigenvalue weighted by atomic mass is 10.2. The third kappa shape index (κ3) is 2.48. The lowest BCUT2D eigenvalue weighted by Crippen LogP contribution is -2.15. The maximum Gasteiger partial charge on any atom is 0.340 e. The molecular weight excluding hydrogens is 228 g/mol. The van der Waals surface area contributed by atoms with E-state index in [-0.39, 0.29) is 5.97 Å². The minimum atomic E-state index is -0.382. The molecule has 4 nitrogen and oxygen atoms in total. The number of carbonyl (C=O) groups excluding carboxylic acids is 1. The molecule has 0 radical (unpaired) electrons. The zero-order valence-corrected chi connectivity index (χ0v) is 10.3. The molecule has 0 aliphatic carbocycles. The van der Waals surface area contributed by atoms with Gasteiger partial charge in [0.2, 0.25) is 0 Å². The molecule has 2 rings (SSSR count). The second-order valence-corrected chi connectivity index (χ2v) is 3.79. The van der Waals surface area contributed by atoms with Crippen molar-refractivity contribution in [3.63, 3.8) is 0 Å². The van der Waals surface area contributed by atoms with Crippen LogP contribution in [0.25, 0.3) is 0 Å². The highest BCUT2D eigenvalue weighted by molar-refractivity contribution is 5.94. The second-order valence-electron chi connectivity index (χ2n) is 3.79. The Bertz CT molecular complexity index is 629. The predicted molar refractivity (Wildman–Crippen MR) is 68.4 cm³/mol. The number of nitrogens with zero attached hydrogens (tertiary/aromatic N) is 2. The molecule has 0 unspecified atom stereocenters. The zero-order chi connectivity index (χ0) is 13.0. The van der Waals surface area contributed by atoms with Gasteiger partial charge in [0.15, 0.2) is 0 Å². The van der Waals surface area contributed by atoms with Crippen molar-refractivity contribution in [3.05, 3.63) is 59.7 Å². The smallest absolute Gasteiger partial charge is 0.340 e. The number of benzene rings is 1. The number of para-hydroxylation sites is 1. The summed E-state index contributed by atoms with van der Waals surface area (Å²) in [5.74, 6) is -0.382. The molecule has 0 saturated heterocycles. The number of hydrogen-bond donors (Lipinski definition) is 0. The third-order valence-corrected chi connectivity index (χ3v) is 2.57. The number of carbonyl (C=O) groups is 1. The molecule has 0 fully saturated rings. The fraction of sp³-hybridized carbons (Fsp3) is 0.143. The largest absolute Gasteiger partial charge is 0.465 e. The van der Waals surface area contributed by atoms with E-state index < -0.39 is 0 Å². The van der Waals surface area contributed by atoms with Crippen LogP contribution in [0.15, 0.2) is 53.7 Å². The van der Waals surface area contributed by atoms with E-state index in [1.807, 2.05) is 42.1 Å². The molecular formula is C14H14N2O2. The summed E-state index contributed by atoms with van der Waals surface area (Å²) in [7, 11) is 3.27. The number of ether oxygens (including phenoxy) is 1. The lowest BCUT2D eigenvalue weighted by molar-refractivity contribution is 0.0601. The average Bonchev–Trinajstić information content (AvgIpc) is 2.41. The van der Waals surface area contributed by atoms with E-state index in [0.29, 0.717) is 11.3 Å². The highest BCUT2D eigenvalue weighted by atomic mass is 16.5. The Balaban J connectivity index is 2.57. The third-order valence-electron chi connectivity index (χ3n) is 2.57. The number of methoxy groups -OCH3 is 1. The van der Waals surface area contributed by atoms with Crippen molar-refractivity contribution in [2.45, 2.75) is 0 Å². The number of aryl methyl sites for hydroxylation is 1. The summed E-state index contributed by atoms with van der Waals surface area (Å²) in [5, 5.41) is 0. The Kier molecular flexibility index (Phi) is 3.57. The van der Waals surface area contributed by atoms with Crippen molar-refractivity contribution in [2.75, 3.05) is 7.11 Å². The van der Waals surface area contributed by atoms with Crippen LogP contribution in [0.1, 0.15) is 10.4 Å². The van der Waals surface area contributed by atoms with Crippen LogP contribution in [-0.2, 0) is 11.8 Å². The van der Waals surface area contributed by atoms with E-state index in [0.717, 1.165) is 5.49 Å². The van der Waals surface area contributed by atoms with Gasteiger partial charge < -0.3 is 9.30 Å². The number of hydrogen-bond acceptors (Lipinski definition) is 3. The van der Waals surface area contributed by atoms with Crippen molar-refractivity contribution in [2.24, 2.45) is 12.0 Å². The Morgan fingerprint density at radius 3 is 2.61 bits per heavy atom. The molecule has 4 heteroatoms. The van der Waals surface area contributed by atoms with Crippen LogP contribution in [0.4, 0.5) is 5.69 Å². The summed E-state index contributed by atoms with van der Waals surface area (Å²) >= 11 is 0. The van der Waals surface area contributed by atoms with Gasteiger partial charge in [0, 0.05) is 13.2 Å². The van der Waals surface area contributed by atoms with Crippen LogP contribution >= 0.6 is 0 Å². The van der Waals surface area contributed by atoms with Crippen LogP contribution < -0.4 is 5.49 Å². The van der Waals surface area contributed by atoms with Crippen molar-refractivity contribution in [1.82, 2.24) is 4.57 Å². The van der Waals surface area contributed by atoms with Gasteiger partial charge in [-0.2, -0.15) is 0 Å². The molecule has 0 N–H and O–H groups in total.